The molecule has 0 saturated heterocycles. The predicted octanol–water partition coefficient (Wildman–Crippen LogP) is 1.36. The highest BCUT2D eigenvalue weighted by atomic mass is 32.1. The van der Waals surface area contributed by atoms with E-state index in [-0.39, 0.29) is 5.91 Å². The lowest BCUT2D eigenvalue weighted by Gasteiger charge is -2.05. The molecule has 1 amide bonds. The van der Waals surface area contributed by atoms with E-state index < -0.39 is 0 Å². The summed E-state index contributed by atoms with van der Waals surface area (Å²) >= 11 is 1.56. The number of hydrogen-bond acceptors (Lipinski definition) is 5. The Kier molecular flexibility index (Phi) is 3.34. The van der Waals surface area contributed by atoms with Gasteiger partial charge in [-0.3, -0.25) is 9.78 Å². The third kappa shape index (κ3) is 2.79. The summed E-state index contributed by atoms with van der Waals surface area (Å²) in [7, 11) is 0. The second-order valence-corrected chi connectivity index (χ2v) is 4.57. The second kappa shape index (κ2) is 4.92. The highest BCUT2D eigenvalue weighted by molar-refractivity contribution is 7.09. The lowest BCUT2D eigenvalue weighted by molar-refractivity contribution is 0.0951. The number of rotatable bonds is 3. The molecule has 0 spiro atoms. The maximum Gasteiger partial charge on any atom is 0.255 e. The number of aryl methyl sites for hydroxylation is 1. The molecule has 6 heteroatoms. The standard InChI is InChI=1S/C11H12N4OS/c1-7-15-8(6-17-7)4-14-11(16)9-5-13-3-2-10(9)12/h2-3,5-6H,4H2,1H3,(H2,12,13)(H,14,16). The van der Waals surface area contributed by atoms with E-state index in [2.05, 4.69) is 15.3 Å². The number of hydrogen-bond donors (Lipinski definition) is 2. The monoisotopic (exact) mass is 248 g/mol. The van der Waals surface area contributed by atoms with Crippen LogP contribution >= 0.6 is 11.3 Å². The summed E-state index contributed by atoms with van der Waals surface area (Å²) in [6.45, 7) is 2.33. The van der Waals surface area contributed by atoms with Crippen molar-refractivity contribution in [1.29, 1.82) is 0 Å². The van der Waals surface area contributed by atoms with Crippen molar-refractivity contribution in [3.05, 3.63) is 40.1 Å². The van der Waals surface area contributed by atoms with Gasteiger partial charge in [0, 0.05) is 23.5 Å². The van der Waals surface area contributed by atoms with E-state index in [1.165, 1.54) is 6.20 Å². The van der Waals surface area contributed by atoms with Gasteiger partial charge in [0.2, 0.25) is 0 Å². The van der Waals surface area contributed by atoms with E-state index >= 15 is 0 Å². The molecule has 0 unspecified atom stereocenters. The Bertz CT molecular complexity index is 538. The first-order valence-electron chi connectivity index (χ1n) is 5.05. The molecular weight excluding hydrogens is 236 g/mol. The molecule has 2 aromatic heterocycles. The first kappa shape index (κ1) is 11.5. The fraction of sp³-hybridized carbons (Fsp3) is 0.182. The van der Waals surface area contributed by atoms with Crippen LogP contribution in [-0.4, -0.2) is 15.9 Å². The normalized spacial score (nSPS) is 10.2. The van der Waals surface area contributed by atoms with Crippen molar-refractivity contribution in [1.82, 2.24) is 15.3 Å². The third-order valence-electron chi connectivity index (χ3n) is 2.20. The molecule has 0 saturated carbocycles. The molecule has 5 nitrogen and oxygen atoms in total. The van der Waals surface area contributed by atoms with E-state index in [0.29, 0.717) is 17.8 Å². The van der Waals surface area contributed by atoms with Crippen molar-refractivity contribution in [2.75, 3.05) is 5.73 Å². The van der Waals surface area contributed by atoms with Gasteiger partial charge in [0.15, 0.2) is 0 Å². The Hall–Kier alpha value is -1.95. The number of amides is 1. The van der Waals surface area contributed by atoms with Gasteiger partial charge in [0.1, 0.15) is 0 Å². The number of anilines is 1. The summed E-state index contributed by atoms with van der Waals surface area (Å²) in [4.78, 5) is 19.9. The largest absolute Gasteiger partial charge is 0.398 e. The van der Waals surface area contributed by atoms with Gasteiger partial charge >= 0.3 is 0 Å². The van der Waals surface area contributed by atoms with E-state index in [4.69, 9.17) is 5.73 Å². The first-order valence-corrected chi connectivity index (χ1v) is 5.93. The number of thiazole rings is 1. The summed E-state index contributed by atoms with van der Waals surface area (Å²) in [5.74, 6) is -0.235. The molecule has 0 aromatic carbocycles. The molecule has 0 fully saturated rings. The van der Waals surface area contributed by atoms with Crippen LogP contribution in [0, 0.1) is 6.92 Å². The number of pyridine rings is 1. The van der Waals surface area contributed by atoms with Crippen LogP contribution in [0.3, 0.4) is 0 Å². The number of carbonyl (C=O) groups excluding carboxylic acids is 1. The fourth-order valence-corrected chi connectivity index (χ4v) is 1.96. The topological polar surface area (TPSA) is 80.9 Å². The van der Waals surface area contributed by atoms with Gasteiger partial charge in [-0.1, -0.05) is 0 Å². The number of nitrogen functional groups attached to an aromatic ring is 1. The van der Waals surface area contributed by atoms with Crippen molar-refractivity contribution in [3.8, 4) is 0 Å². The Morgan fingerprint density at radius 1 is 1.59 bits per heavy atom. The van der Waals surface area contributed by atoms with Crippen LogP contribution < -0.4 is 11.1 Å². The van der Waals surface area contributed by atoms with E-state index in [9.17, 15) is 4.79 Å². The zero-order valence-electron chi connectivity index (χ0n) is 9.30. The van der Waals surface area contributed by atoms with Crippen LogP contribution in [0.15, 0.2) is 23.8 Å². The summed E-state index contributed by atoms with van der Waals surface area (Å²) in [6.07, 6.45) is 3.01. The maximum atomic E-state index is 11.8. The number of nitrogens with zero attached hydrogens (tertiary/aromatic N) is 2. The molecule has 2 aromatic rings. The third-order valence-corrected chi connectivity index (χ3v) is 3.02. The van der Waals surface area contributed by atoms with Crippen molar-refractivity contribution in [2.24, 2.45) is 0 Å². The highest BCUT2D eigenvalue weighted by Gasteiger charge is 2.09. The molecule has 0 bridgehead atoms. The molecule has 0 aliphatic rings. The zero-order chi connectivity index (χ0) is 12.3. The van der Waals surface area contributed by atoms with Gasteiger partial charge in [-0.15, -0.1) is 11.3 Å². The second-order valence-electron chi connectivity index (χ2n) is 3.50. The fourth-order valence-electron chi connectivity index (χ4n) is 1.35. The van der Waals surface area contributed by atoms with E-state index in [1.807, 2.05) is 12.3 Å². The lowest BCUT2D eigenvalue weighted by Crippen LogP contribution is -2.24. The molecule has 3 N–H and O–H groups in total. The molecular formula is C11H12N4OS. The summed E-state index contributed by atoms with van der Waals surface area (Å²) < 4.78 is 0. The number of aromatic nitrogens is 2. The van der Waals surface area contributed by atoms with E-state index in [0.717, 1.165) is 10.7 Å². The van der Waals surface area contributed by atoms with Crippen LogP contribution in [0.5, 0.6) is 0 Å². The Balaban J connectivity index is 2.01. The summed E-state index contributed by atoms with van der Waals surface area (Å²) in [5, 5.41) is 5.66. The van der Waals surface area contributed by atoms with Gasteiger partial charge in [-0.2, -0.15) is 0 Å². The Morgan fingerprint density at radius 3 is 3.06 bits per heavy atom. The smallest absolute Gasteiger partial charge is 0.255 e. The first-order chi connectivity index (χ1) is 8.16. The van der Waals surface area contributed by atoms with Gasteiger partial charge < -0.3 is 11.1 Å². The van der Waals surface area contributed by atoms with E-state index in [1.54, 1.807) is 23.6 Å². The van der Waals surface area contributed by atoms with Crippen molar-refractivity contribution >= 4 is 22.9 Å². The summed E-state index contributed by atoms with van der Waals surface area (Å²) in [5.41, 5.74) is 7.34. The quantitative estimate of drug-likeness (QED) is 0.859. The number of carbonyl (C=O) groups is 1. The number of nitrogens with two attached hydrogens (primary N) is 1. The SMILES string of the molecule is Cc1nc(CNC(=O)c2cnccc2N)cs1. The Labute approximate surface area is 103 Å². The zero-order valence-corrected chi connectivity index (χ0v) is 10.1. The predicted molar refractivity (Wildman–Crippen MR) is 66.7 cm³/mol. The van der Waals surface area contributed by atoms with Gasteiger partial charge in [0.05, 0.1) is 22.8 Å². The van der Waals surface area contributed by atoms with Crippen LogP contribution in [0.2, 0.25) is 0 Å². The maximum absolute atomic E-state index is 11.8. The molecule has 0 aliphatic carbocycles. The van der Waals surface area contributed by atoms with Crippen LogP contribution in [0.25, 0.3) is 0 Å². The van der Waals surface area contributed by atoms with Crippen LogP contribution in [0.1, 0.15) is 21.1 Å². The molecule has 0 radical (unpaired) electrons. The molecule has 0 atom stereocenters. The minimum absolute atomic E-state index is 0.235. The minimum atomic E-state index is -0.235. The average Bonchev–Trinajstić information content (AvgIpc) is 2.73. The molecule has 2 rings (SSSR count). The summed E-state index contributed by atoms with van der Waals surface area (Å²) in [6, 6.07) is 1.60. The van der Waals surface area contributed by atoms with Gasteiger partial charge in [-0.25, -0.2) is 4.98 Å². The van der Waals surface area contributed by atoms with Crippen molar-refractivity contribution in [3.63, 3.8) is 0 Å². The minimum Gasteiger partial charge on any atom is -0.398 e. The molecule has 17 heavy (non-hydrogen) atoms. The average molecular weight is 248 g/mol. The molecule has 0 aliphatic heterocycles. The van der Waals surface area contributed by atoms with Crippen molar-refractivity contribution in [2.45, 2.75) is 13.5 Å². The van der Waals surface area contributed by atoms with Crippen LogP contribution in [-0.2, 0) is 6.54 Å². The Morgan fingerprint density at radius 2 is 2.41 bits per heavy atom. The van der Waals surface area contributed by atoms with Crippen molar-refractivity contribution < 1.29 is 4.79 Å². The molecule has 2 heterocycles. The van der Waals surface area contributed by atoms with Crippen LogP contribution in [0.4, 0.5) is 5.69 Å². The highest BCUT2D eigenvalue weighted by Crippen LogP contribution is 2.10. The van der Waals surface area contributed by atoms with Gasteiger partial charge in [0.25, 0.3) is 5.91 Å². The van der Waals surface area contributed by atoms with Gasteiger partial charge in [-0.05, 0) is 13.0 Å². The number of nitrogens with one attached hydrogen (secondary N) is 1. The lowest BCUT2D eigenvalue weighted by atomic mass is 10.2. The molecule has 88 valence electrons.